The Morgan fingerprint density at radius 3 is 1.91 bits per heavy atom. The Morgan fingerprint density at radius 2 is 1.38 bits per heavy atom. The van der Waals surface area contributed by atoms with E-state index in [9.17, 15) is 4.79 Å². The molecule has 32 heavy (non-hydrogen) atoms. The van der Waals surface area contributed by atoms with Crippen molar-refractivity contribution in [2.75, 3.05) is 6.61 Å². The average Bonchev–Trinajstić information content (AvgIpc) is 2.75. The molecule has 0 N–H and O–H groups in total. The molecular formula is C30H44O2. The Kier molecular flexibility index (Phi) is 13.6. The summed E-state index contributed by atoms with van der Waals surface area (Å²) in [4.78, 5) is 12.4. The van der Waals surface area contributed by atoms with Crippen LogP contribution in [0.1, 0.15) is 93.8 Å². The maximum absolute atomic E-state index is 12.4. The maximum Gasteiger partial charge on any atom is 0.162 e. The second-order valence-electron chi connectivity index (χ2n) is 9.23. The van der Waals surface area contributed by atoms with Gasteiger partial charge in [0.15, 0.2) is 5.78 Å². The van der Waals surface area contributed by atoms with E-state index in [1.807, 2.05) is 31.2 Å². The van der Waals surface area contributed by atoms with Crippen LogP contribution in [0.2, 0.25) is 0 Å². The highest BCUT2D eigenvalue weighted by Crippen LogP contribution is 2.15. The summed E-state index contributed by atoms with van der Waals surface area (Å²) in [5.41, 5.74) is 5.71. The first kappa shape index (κ1) is 27.8. The quantitative estimate of drug-likeness (QED) is 0.159. The molecule has 0 fully saturated rings. The number of carbonyl (C=O) groups excluding carboxylic acids is 1. The van der Waals surface area contributed by atoms with Gasteiger partial charge in [-0.15, -0.1) is 0 Å². The van der Waals surface area contributed by atoms with E-state index in [2.05, 4.69) is 44.7 Å². The van der Waals surface area contributed by atoms with Crippen LogP contribution in [0.4, 0.5) is 0 Å². The molecule has 0 atom stereocenters. The first-order valence-electron chi connectivity index (χ1n) is 11.9. The lowest BCUT2D eigenvalue weighted by Gasteiger charge is -2.07. The summed E-state index contributed by atoms with van der Waals surface area (Å²) < 4.78 is 5.56. The third kappa shape index (κ3) is 11.4. The van der Waals surface area contributed by atoms with Crippen molar-refractivity contribution in [3.63, 3.8) is 0 Å². The molecule has 2 heteroatoms. The van der Waals surface area contributed by atoms with Crippen molar-refractivity contribution in [1.29, 1.82) is 0 Å². The minimum Gasteiger partial charge on any atom is -0.372 e. The van der Waals surface area contributed by atoms with Crippen molar-refractivity contribution in [2.24, 2.45) is 5.92 Å². The molecule has 0 amide bonds. The van der Waals surface area contributed by atoms with Crippen LogP contribution in [0.15, 0.2) is 60.7 Å². The van der Waals surface area contributed by atoms with Crippen molar-refractivity contribution in [2.45, 2.75) is 86.2 Å². The molecule has 2 aromatic rings. The van der Waals surface area contributed by atoms with Gasteiger partial charge in [-0.25, -0.2) is 0 Å². The van der Waals surface area contributed by atoms with Crippen LogP contribution in [0.25, 0.3) is 0 Å². The summed E-state index contributed by atoms with van der Waals surface area (Å²) in [6.45, 7) is 11.5. The van der Waals surface area contributed by atoms with Gasteiger partial charge in [0.2, 0.25) is 0 Å². The predicted octanol–water partition coefficient (Wildman–Crippen LogP) is 8.38. The zero-order chi connectivity index (χ0) is 22.5. The van der Waals surface area contributed by atoms with Crippen molar-refractivity contribution >= 4 is 5.78 Å². The van der Waals surface area contributed by atoms with E-state index in [0.717, 1.165) is 41.9 Å². The molecule has 0 saturated carbocycles. The van der Waals surface area contributed by atoms with Gasteiger partial charge in [-0.2, -0.15) is 0 Å². The Bertz CT molecular complexity index is 785. The average molecular weight is 437 g/mol. The fourth-order valence-electron chi connectivity index (χ4n) is 3.64. The topological polar surface area (TPSA) is 26.3 Å². The maximum atomic E-state index is 12.4. The highest BCUT2D eigenvalue weighted by Gasteiger charge is 2.06. The van der Waals surface area contributed by atoms with E-state index in [1.165, 1.54) is 36.8 Å². The number of benzene rings is 2. The standard InChI is InChI=1S/C29H40O2.CH4/c1-23(2)9-5-6-10-25-13-15-26(16-14-25)11-7-8-12-29(30)28-19-17-27(18-20-28)22-31-21-24(3)4;/h13-20,23H,3,5-12,21-22H2,1-2,4H3;1H4. The fraction of sp³-hybridized carbons (Fsp3) is 0.500. The summed E-state index contributed by atoms with van der Waals surface area (Å²) in [6, 6.07) is 16.9. The fourth-order valence-corrected chi connectivity index (χ4v) is 3.64. The molecule has 0 aliphatic carbocycles. The second kappa shape index (κ2) is 15.6. The zero-order valence-electron chi connectivity index (χ0n) is 19.8. The number of hydrogen-bond acceptors (Lipinski definition) is 2. The molecular weight excluding hydrogens is 392 g/mol. The lowest BCUT2D eigenvalue weighted by Crippen LogP contribution is -2.01. The van der Waals surface area contributed by atoms with Gasteiger partial charge in [-0.1, -0.05) is 94.8 Å². The number of unbranched alkanes of at least 4 members (excludes halogenated alkanes) is 2. The Morgan fingerprint density at radius 1 is 0.844 bits per heavy atom. The van der Waals surface area contributed by atoms with Gasteiger partial charge in [0.25, 0.3) is 0 Å². The summed E-state index contributed by atoms with van der Waals surface area (Å²) in [5, 5.41) is 0. The van der Waals surface area contributed by atoms with E-state index >= 15 is 0 Å². The first-order valence-corrected chi connectivity index (χ1v) is 11.9. The van der Waals surface area contributed by atoms with E-state index in [0.29, 0.717) is 19.6 Å². The number of ether oxygens (including phenoxy) is 1. The van der Waals surface area contributed by atoms with Gasteiger partial charge in [0.1, 0.15) is 0 Å². The van der Waals surface area contributed by atoms with E-state index in [1.54, 1.807) is 0 Å². The van der Waals surface area contributed by atoms with Crippen molar-refractivity contribution in [3.05, 3.63) is 82.9 Å². The SMILES string of the molecule is C.C=C(C)COCc1ccc(C(=O)CCCCc2ccc(CCCCC(C)C)cc2)cc1. The summed E-state index contributed by atoms with van der Waals surface area (Å²) in [7, 11) is 0. The molecule has 0 unspecified atom stereocenters. The highest BCUT2D eigenvalue weighted by atomic mass is 16.5. The number of ketones is 1. The summed E-state index contributed by atoms with van der Waals surface area (Å²) in [5.74, 6) is 1.03. The third-order valence-corrected chi connectivity index (χ3v) is 5.53. The molecule has 2 nitrogen and oxygen atoms in total. The molecule has 2 aromatic carbocycles. The lowest BCUT2D eigenvalue weighted by atomic mass is 9.99. The minimum atomic E-state index is 0. The van der Waals surface area contributed by atoms with Gasteiger partial charge in [0, 0.05) is 12.0 Å². The number of rotatable bonds is 15. The van der Waals surface area contributed by atoms with Crippen molar-refractivity contribution < 1.29 is 9.53 Å². The van der Waals surface area contributed by atoms with E-state index < -0.39 is 0 Å². The van der Waals surface area contributed by atoms with Crippen LogP contribution in [0, 0.1) is 5.92 Å². The number of aryl methyl sites for hydroxylation is 2. The molecule has 0 aromatic heterocycles. The summed E-state index contributed by atoms with van der Waals surface area (Å²) in [6.07, 6.45) is 8.73. The Labute approximate surface area is 197 Å². The summed E-state index contributed by atoms with van der Waals surface area (Å²) >= 11 is 0. The van der Waals surface area contributed by atoms with Crippen LogP contribution in [0.3, 0.4) is 0 Å². The van der Waals surface area contributed by atoms with Gasteiger partial charge < -0.3 is 4.74 Å². The third-order valence-electron chi connectivity index (χ3n) is 5.53. The second-order valence-corrected chi connectivity index (χ2v) is 9.23. The molecule has 2 rings (SSSR count). The van der Waals surface area contributed by atoms with Gasteiger partial charge in [0.05, 0.1) is 13.2 Å². The van der Waals surface area contributed by atoms with Gasteiger partial charge in [-0.3, -0.25) is 4.79 Å². The largest absolute Gasteiger partial charge is 0.372 e. The molecule has 0 heterocycles. The van der Waals surface area contributed by atoms with Crippen LogP contribution >= 0.6 is 0 Å². The first-order chi connectivity index (χ1) is 14.9. The number of hydrogen-bond donors (Lipinski definition) is 0. The molecule has 0 radical (unpaired) electrons. The van der Waals surface area contributed by atoms with Gasteiger partial charge >= 0.3 is 0 Å². The molecule has 176 valence electrons. The Hall–Kier alpha value is -2.19. The monoisotopic (exact) mass is 436 g/mol. The molecule has 0 aliphatic rings. The number of carbonyl (C=O) groups is 1. The van der Waals surface area contributed by atoms with Gasteiger partial charge in [-0.05, 0) is 61.6 Å². The molecule has 0 saturated heterocycles. The van der Waals surface area contributed by atoms with E-state index in [4.69, 9.17) is 4.74 Å². The van der Waals surface area contributed by atoms with E-state index in [-0.39, 0.29) is 13.2 Å². The van der Waals surface area contributed by atoms with Crippen molar-refractivity contribution in [3.8, 4) is 0 Å². The minimum absolute atomic E-state index is 0. The molecule has 0 aliphatic heterocycles. The van der Waals surface area contributed by atoms with Crippen LogP contribution in [-0.4, -0.2) is 12.4 Å². The smallest absolute Gasteiger partial charge is 0.162 e. The van der Waals surface area contributed by atoms with Crippen LogP contribution < -0.4 is 0 Å². The zero-order valence-corrected chi connectivity index (χ0v) is 19.8. The molecule has 0 spiro atoms. The van der Waals surface area contributed by atoms with Crippen LogP contribution in [-0.2, 0) is 24.2 Å². The highest BCUT2D eigenvalue weighted by molar-refractivity contribution is 5.96. The Balaban J connectivity index is 0.00000512. The number of Topliss-reactive ketones (excluding diaryl/α,β-unsaturated/α-hetero) is 1. The van der Waals surface area contributed by atoms with Crippen molar-refractivity contribution in [1.82, 2.24) is 0 Å². The lowest BCUT2D eigenvalue weighted by molar-refractivity contribution is 0.0979. The predicted molar refractivity (Wildman–Crippen MR) is 138 cm³/mol. The molecule has 0 bridgehead atoms. The normalized spacial score (nSPS) is 10.8. The van der Waals surface area contributed by atoms with Crippen LogP contribution in [0.5, 0.6) is 0 Å².